The van der Waals surface area contributed by atoms with Gasteiger partial charge in [-0.1, -0.05) is 17.3 Å². The molecule has 0 aliphatic rings. The molecule has 7 heteroatoms. The van der Waals surface area contributed by atoms with E-state index >= 15 is 0 Å². The van der Waals surface area contributed by atoms with Crippen LogP contribution in [0.4, 0.5) is 0 Å². The fourth-order valence-corrected chi connectivity index (χ4v) is 1.83. The van der Waals surface area contributed by atoms with E-state index in [0.717, 1.165) is 5.56 Å². The smallest absolute Gasteiger partial charge is 0.276 e. The van der Waals surface area contributed by atoms with Gasteiger partial charge < -0.3 is 15.7 Å². The lowest BCUT2D eigenvalue weighted by Gasteiger charge is -2.15. The number of phenolic OH excluding ortho intramolecular Hbond substituents is 1. The Hall–Kier alpha value is -2.41. The van der Waals surface area contributed by atoms with Crippen LogP contribution in [0.1, 0.15) is 16.1 Å². The summed E-state index contributed by atoms with van der Waals surface area (Å²) in [6.45, 7) is 1.35. The van der Waals surface area contributed by atoms with Gasteiger partial charge in [0.2, 0.25) is 0 Å². The number of amides is 1. The zero-order valence-corrected chi connectivity index (χ0v) is 11.2. The number of phenols is 1. The average Bonchev–Trinajstić information content (AvgIpc) is 2.87. The highest BCUT2D eigenvalue weighted by Crippen LogP contribution is 2.13. The number of hydrogen-bond donors (Lipinski definition) is 2. The van der Waals surface area contributed by atoms with Crippen LogP contribution in [0.25, 0.3) is 0 Å². The van der Waals surface area contributed by atoms with Gasteiger partial charge in [-0.25, -0.2) is 0 Å². The summed E-state index contributed by atoms with van der Waals surface area (Å²) in [5.41, 5.74) is 6.54. The van der Waals surface area contributed by atoms with Crippen LogP contribution < -0.4 is 5.73 Å². The zero-order valence-electron chi connectivity index (χ0n) is 11.2. The second-order valence-electron chi connectivity index (χ2n) is 4.49. The van der Waals surface area contributed by atoms with Gasteiger partial charge in [0.1, 0.15) is 5.75 Å². The Morgan fingerprint density at radius 1 is 1.50 bits per heavy atom. The number of aromatic hydroxyl groups is 1. The molecule has 0 unspecified atom stereocenters. The van der Waals surface area contributed by atoms with Crippen LogP contribution in [0.5, 0.6) is 5.75 Å². The second-order valence-corrected chi connectivity index (χ2v) is 4.49. The highest BCUT2D eigenvalue weighted by atomic mass is 16.3. The first-order chi connectivity index (χ1) is 9.60. The van der Waals surface area contributed by atoms with Crippen LogP contribution in [0.2, 0.25) is 0 Å². The maximum Gasteiger partial charge on any atom is 0.276 e. The largest absolute Gasteiger partial charge is 0.508 e. The van der Waals surface area contributed by atoms with E-state index in [0.29, 0.717) is 19.6 Å². The predicted octanol–water partition coefficient (Wildman–Crippen LogP) is 0.215. The fraction of sp³-hybridized carbons (Fsp3) is 0.308. The molecule has 0 saturated heterocycles. The predicted molar refractivity (Wildman–Crippen MR) is 73.0 cm³/mol. The van der Waals surface area contributed by atoms with Crippen molar-refractivity contribution >= 4 is 5.91 Å². The minimum absolute atomic E-state index is 0.178. The molecule has 0 fully saturated rings. The van der Waals surface area contributed by atoms with Gasteiger partial charge in [-0.3, -0.25) is 9.48 Å². The van der Waals surface area contributed by atoms with Crippen molar-refractivity contribution < 1.29 is 9.90 Å². The van der Waals surface area contributed by atoms with E-state index in [1.54, 1.807) is 31.4 Å². The summed E-state index contributed by atoms with van der Waals surface area (Å²) >= 11 is 0. The number of aromatic nitrogens is 3. The first-order valence-corrected chi connectivity index (χ1v) is 6.23. The van der Waals surface area contributed by atoms with E-state index in [9.17, 15) is 9.90 Å². The van der Waals surface area contributed by atoms with Crippen molar-refractivity contribution in [1.29, 1.82) is 0 Å². The lowest BCUT2D eigenvalue weighted by atomic mass is 10.2. The van der Waals surface area contributed by atoms with E-state index in [-0.39, 0.29) is 17.4 Å². The third kappa shape index (κ3) is 3.33. The molecule has 2 rings (SSSR count). The monoisotopic (exact) mass is 275 g/mol. The van der Waals surface area contributed by atoms with Gasteiger partial charge in [-0.2, -0.15) is 0 Å². The van der Waals surface area contributed by atoms with Gasteiger partial charge in [-0.15, -0.1) is 5.10 Å². The summed E-state index contributed by atoms with van der Waals surface area (Å²) in [6, 6.07) is 6.79. The number of hydrogen-bond acceptors (Lipinski definition) is 5. The molecule has 0 aliphatic carbocycles. The number of carbonyl (C=O) groups excluding carboxylic acids is 1. The van der Waals surface area contributed by atoms with Gasteiger partial charge >= 0.3 is 0 Å². The molecule has 0 atom stereocenters. The van der Waals surface area contributed by atoms with Crippen molar-refractivity contribution in [2.45, 2.75) is 13.1 Å². The van der Waals surface area contributed by atoms with E-state index in [2.05, 4.69) is 10.3 Å². The third-order valence-electron chi connectivity index (χ3n) is 2.79. The van der Waals surface area contributed by atoms with E-state index in [1.807, 2.05) is 6.07 Å². The van der Waals surface area contributed by atoms with Crippen LogP contribution in [-0.4, -0.2) is 44.5 Å². The molecule has 0 saturated carbocycles. The average molecular weight is 275 g/mol. The number of benzene rings is 1. The summed E-state index contributed by atoms with van der Waals surface area (Å²) in [6.07, 6.45) is 1.58. The third-order valence-corrected chi connectivity index (χ3v) is 2.79. The molecule has 1 heterocycles. The van der Waals surface area contributed by atoms with Crippen LogP contribution in [0.3, 0.4) is 0 Å². The first-order valence-electron chi connectivity index (χ1n) is 6.23. The summed E-state index contributed by atoms with van der Waals surface area (Å²) < 4.78 is 1.54. The standard InChI is InChI=1S/C13H17N5O2/c1-17(8-10-3-2-4-11(19)7-10)13(20)12-9-18(6-5-14)16-15-12/h2-4,7,9,19H,5-6,8,14H2,1H3. The molecule has 0 spiro atoms. The van der Waals surface area contributed by atoms with Gasteiger partial charge in [0.25, 0.3) is 5.91 Å². The Kier molecular flexibility index (Phi) is 4.31. The van der Waals surface area contributed by atoms with Crippen molar-refractivity contribution in [1.82, 2.24) is 19.9 Å². The number of nitrogens with zero attached hydrogens (tertiary/aromatic N) is 4. The number of nitrogens with two attached hydrogens (primary N) is 1. The molecule has 106 valence electrons. The quantitative estimate of drug-likeness (QED) is 0.813. The normalized spacial score (nSPS) is 10.5. The van der Waals surface area contributed by atoms with Gasteiger partial charge in [0.05, 0.1) is 12.7 Å². The Labute approximate surface area is 116 Å². The molecule has 0 bridgehead atoms. The van der Waals surface area contributed by atoms with Gasteiger partial charge in [0.15, 0.2) is 5.69 Å². The second kappa shape index (κ2) is 6.16. The SMILES string of the molecule is CN(Cc1cccc(O)c1)C(=O)c1cn(CCN)nn1. The number of carbonyl (C=O) groups is 1. The van der Waals surface area contributed by atoms with Crippen LogP contribution >= 0.6 is 0 Å². The molecule has 0 radical (unpaired) electrons. The molecule has 0 aliphatic heterocycles. The molecule has 7 nitrogen and oxygen atoms in total. The maximum absolute atomic E-state index is 12.2. The van der Waals surface area contributed by atoms with Gasteiger partial charge in [-0.05, 0) is 17.7 Å². The Morgan fingerprint density at radius 2 is 2.30 bits per heavy atom. The topological polar surface area (TPSA) is 97.3 Å². The molecular formula is C13H17N5O2. The van der Waals surface area contributed by atoms with Crippen LogP contribution in [0, 0.1) is 0 Å². The number of rotatable bonds is 5. The maximum atomic E-state index is 12.2. The van der Waals surface area contributed by atoms with E-state index < -0.39 is 0 Å². The molecule has 1 aromatic carbocycles. The minimum Gasteiger partial charge on any atom is -0.508 e. The van der Waals surface area contributed by atoms with Gasteiger partial charge in [0, 0.05) is 20.1 Å². The molecule has 20 heavy (non-hydrogen) atoms. The molecule has 1 amide bonds. The zero-order chi connectivity index (χ0) is 14.5. The minimum atomic E-state index is -0.225. The van der Waals surface area contributed by atoms with Crippen molar-refractivity contribution in [3.63, 3.8) is 0 Å². The fourth-order valence-electron chi connectivity index (χ4n) is 1.83. The molecule has 3 N–H and O–H groups in total. The first kappa shape index (κ1) is 14.0. The summed E-state index contributed by atoms with van der Waals surface area (Å²) in [5, 5.41) is 17.1. The highest BCUT2D eigenvalue weighted by molar-refractivity contribution is 5.91. The van der Waals surface area contributed by atoms with Crippen LogP contribution in [-0.2, 0) is 13.1 Å². The van der Waals surface area contributed by atoms with Crippen molar-refractivity contribution in [3.8, 4) is 5.75 Å². The van der Waals surface area contributed by atoms with Crippen LogP contribution in [0.15, 0.2) is 30.5 Å². The summed E-state index contributed by atoms with van der Waals surface area (Å²) in [4.78, 5) is 13.7. The Morgan fingerprint density at radius 3 is 3.00 bits per heavy atom. The van der Waals surface area contributed by atoms with Crippen molar-refractivity contribution in [2.75, 3.05) is 13.6 Å². The molecule has 2 aromatic rings. The lowest BCUT2D eigenvalue weighted by molar-refractivity contribution is 0.0779. The summed E-state index contributed by atoms with van der Waals surface area (Å²) in [5.74, 6) is -0.0474. The van der Waals surface area contributed by atoms with E-state index in [1.165, 1.54) is 9.58 Å². The Balaban J connectivity index is 2.04. The highest BCUT2D eigenvalue weighted by Gasteiger charge is 2.16. The lowest BCUT2D eigenvalue weighted by Crippen LogP contribution is -2.26. The van der Waals surface area contributed by atoms with Crippen molar-refractivity contribution in [3.05, 3.63) is 41.7 Å². The molecule has 1 aromatic heterocycles. The van der Waals surface area contributed by atoms with E-state index in [4.69, 9.17) is 5.73 Å². The van der Waals surface area contributed by atoms with Crippen molar-refractivity contribution in [2.24, 2.45) is 5.73 Å². The molecular weight excluding hydrogens is 258 g/mol. The Bertz CT molecular complexity index is 596. The summed E-state index contributed by atoms with van der Waals surface area (Å²) in [7, 11) is 1.67.